The second-order valence-corrected chi connectivity index (χ2v) is 9.85. The highest BCUT2D eigenvalue weighted by molar-refractivity contribution is 7.98. The van der Waals surface area contributed by atoms with E-state index in [4.69, 9.17) is 4.42 Å². The first kappa shape index (κ1) is 22.1. The first-order chi connectivity index (χ1) is 15.3. The Bertz CT molecular complexity index is 1330. The molecular weight excluding hydrogens is 418 g/mol. The van der Waals surface area contributed by atoms with Crippen molar-refractivity contribution in [3.8, 4) is 11.4 Å². The lowest BCUT2D eigenvalue weighted by molar-refractivity contribution is 0.559. The maximum atomic E-state index is 12.1. The molecular formula is C26H27N3O2S. The van der Waals surface area contributed by atoms with Crippen molar-refractivity contribution in [2.24, 2.45) is 0 Å². The standard InChI is InChI=1S/C26H27N3O2S/c1-6-13-29-24(18-8-10-20(11-9-18)26(3,4)5)27-28-25(29)32-16-19-15-23(30)31-22-14-17(2)7-12-21(19)22/h6-12,14-15H,1,13,16H2,2-5H3. The lowest BCUT2D eigenvalue weighted by atomic mass is 9.87. The molecule has 0 fully saturated rings. The van der Waals surface area contributed by atoms with Gasteiger partial charge in [-0.2, -0.15) is 0 Å². The Morgan fingerprint density at radius 3 is 2.53 bits per heavy atom. The van der Waals surface area contributed by atoms with Gasteiger partial charge < -0.3 is 4.42 Å². The van der Waals surface area contributed by atoms with Gasteiger partial charge in [0, 0.05) is 29.3 Å². The van der Waals surface area contributed by atoms with Gasteiger partial charge in [0.1, 0.15) is 5.58 Å². The SMILES string of the molecule is C=CCn1c(SCc2cc(=O)oc3cc(C)ccc23)nnc1-c1ccc(C(C)(C)C)cc1. The van der Waals surface area contributed by atoms with E-state index >= 15 is 0 Å². The first-order valence-electron chi connectivity index (χ1n) is 10.6. The first-order valence-corrected chi connectivity index (χ1v) is 11.6. The molecule has 0 saturated heterocycles. The molecule has 2 heterocycles. The van der Waals surface area contributed by atoms with Gasteiger partial charge in [0.2, 0.25) is 0 Å². The summed E-state index contributed by atoms with van der Waals surface area (Å²) in [4.78, 5) is 12.1. The number of rotatable bonds is 6. The maximum absolute atomic E-state index is 12.1. The quantitative estimate of drug-likeness (QED) is 0.203. The summed E-state index contributed by atoms with van der Waals surface area (Å²) < 4.78 is 7.44. The zero-order chi connectivity index (χ0) is 22.9. The summed E-state index contributed by atoms with van der Waals surface area (Å²) in [5.74, 6) is 1.39. The van der Waals surface area contributed by atoms with Crippen LogP contribution in [0, 0.1) is 6.92 Å². The van der Waals surface area contributed by atoms with E-state index in [2.05, 4.69) is 66.4 Å². The second-order valence-electron chi connectivity index (χ2n) is 8.91. The molecule has 0 radical (unpaired) electrons. The lowest BCUT2D eigenvalue weighted by Gasteiger charge is -2.19. The summed E-state index contributed by atoms with van der Waals surface area (Å²) in [6.07, 6.45) is 1.84. The number of hydrogen-bond donors (Lipinski definition) is 0. The van der Waals surface area contributed by atoms with Crippen molar-refractivity contribution >= 4 is 22.7 Å². The van der Waals surface area contributed by atoms with Crippen molar-refractivity contribution in [2.75, 3.05) is 0 Å². The molecule has 0 amide bonds. The van der Waals surface area contributed by atoms with Gasteiger partial charge in [-0.25, -0.2) is 4.79 Å². The van der Waals surface area contributed by atoms with Crippen LogP contribution in [0.2, 0.25) is 0 Å². The molecule has 0 aliphatic rings. The third-order valence-electron chi connectivity index (χ3n) is 5.38. The van der Waals surface area contributed by atoms with Gasteiger partial charge in [-0.1, -0.05) is 75.0 Å². The molecule has 32 heavy (non-hydrogen) atoms. The molecule has 0 bridgehead atoms. The average molecular weight is 446 g/mol. The molecule has 2 aromatic carbocycles. The number of hydrogen-bond acceptors (Lipinski definition) is 5. The van der Waals surface area contributed by atoms with Crippen LogP contribution in [0.25, 0.3) is 22.4 Å². The maximum Gasteiger partial charge on any atom is 0.336 e. The number of allylic oxidation sites excluding steroid dienone is 1. The number of fused-ring (bicyclic) bond motifs is 1. The Labute approximate surface area is 192 Å². The van der Waals surface area contributed by atoms with Gasteiger partial charge >= 0.3 is 5.63 Å². The van der Waals surface area contributed by atoms with Gasteiger partial charge in [-0.05, 0) is 35.1 Å². The lowest BCUT2D eigenvalue weighted by Crippen LogP contribution is -2.10. The molecule has 0 aliphatic carbocycles. The van der Waals surface area contributed by atoms with E-state index in [0.717, 1.165) is 33.1 Å². The minimum absolute atomic E-state index is 0.0953. The molecule has 6 heteroatoms. The van der Waals surface area contributed by atoms with Crippen molar-refractivity contribution in [3.63, 3.8) is 0 Å². The second kappa shape index (κ2) is 8.79. The van der Waals surface area contributed by atoms with E-state index in [1.807, 2.05) is 31.2 Å². The number of thioether (sulfide) groups is 1. The predicted molar refractivity (Wildman–Crippen MR) is 131 cm³/mol. The fraction of sp³-hybridized carbons (Fsp3) is 0.269. The molecule has 0 atom stereocenters. The van der Waals surface area contributed by atoms with Crippen molar-refractivity contribution in [1.29, 1.82) is 0 Å². The summed E-state index contributed by atoms with van der Waals surface area (Å²) in [5.41, 5.74) is 4.63. The zero-order valence-electron chi connectivity index (χ0n) is 18.9. The normalized spacial score (nSPS) is 11.8. The fourth-order valence-electron chi connectivity index (χ4n) is 3.62. The molecule has 0 unspecified atom stereocenters. The van der Waals surface area contributed by atoms with Crippen LogP contribution in [0.4, 0.5) is 0 Å². The van der Waals surface area contributed by atoms with Crippen LogP contribution >= 0.6 is 11.8 Å². The van der Waals surface area contributed by atoms with Crippen LogP contribution in [0.1, 0.15) is 37.5 Å². The largest absolute Gasteiger partial charge is 0.423 e. The zero-order valence-corrected chi connectivity index (χ0v) is 19.7. The fourth-order valence-corrected chi connectivity index (χ4v) is 4.56. The molecule has 164 valence electrons. The van der Waals surface area contributed by atoms with Crippen LogP contribution < -0.4 is 5.63 Å². The van der Waals surface area contributed by atoms with Crippen LogP contribution in [0.5, 0.6) is 0 Å². The summed E-state index contributed by atoms with van der Waals surface area (Å²) in [6.45, 7) is 13.1. The summed E-state index contributed by atoms with van der Waals surface area (Å²) in [6, 6.07) is 16.0. The van der Waals surface area contributed by atoms with Gasteiger partial charge in [-0.3, -0.25) is 4.57 Å². The van der Waals surface area contributed by atoms with Crippen molar-refractivity contribution in [1.82, 2.24) is 14.8 Å². The van der Waals surface area contributed by atoms with Crippen LogP contribution in [0.15, 0.2) is 75.6 Å². The Balaban J connectivity index is 1.65. The van der Waals surface area contributed by atoms with Crippen molar-refractivity contribution in [2.45, 2.75) is 50.6 Å². The van der Waals surface area contributed by atoms with E-state index in [1.54, 1.807) is 17.8 Å². The number of aromatic nitrogens is 3. The smallest absolute Gasteiger partial charge is 0.336 e. The van der Waals surface area contributed by atoms with Gasteiger partial charge in [0.15, 0.2) is 11.0 Å². The van der Waals surface area contributed by atoms with Gasteiger partial charge in [0.05, 0.1) is 0 Å². The summed E-state index contributed by atoms with van der Waals surface area (Å²) >= 11 is 1.55. The molecule has 4 aromatic rings. The van der Waals surface area contributed by atoms with Crippen molar-refractivity contribution in [3.05, 3.63) is 88.3 Å². The monoisotopic (exact) mass is 445 g/mol. The van der Waals surface area contributed by atoms with E-state index in [9.17, 15) is 4.79 Å². The predicted octanol–water partition coefficient (Wildman–Crippen LogP) is 6.14. The van der Waals surface area contributed by atoms with E-state index < -0.39 is 0 Å². The molecule has 2 aromatic heterocycles. The van der Waals surface area contributed by atoms with E-state index in [0.29, 0.717) is 17.9 Å². The highest BCUT2D eigenvalue weighted by Crippen LogP contribution is 2.30. The van der Waals surface area contributed by atoms with Crippen molar-refractivity contribution < 1.29 is 4.42 Å². The molecule has 0 saturated carbocycles. The average Bonchev–Trinajstić information content (AvgIpc) is 3.14. The van der Waals surface area contributed by atoms with E-state index in [-0.39, 0.29) is 11.0 Å². The Morgan fingerprint density at radius 2 is 1.84 bits per heavy atom. The molecule has 0 spiro atoms. The number of nitrogens with zero attached hydrogens (tertiary/aromatic N) is 3. The highest BCUT2D eigenvalue weighted by atomic mass is 32.2. The van der Waals surface area contributed by atoms with Crippen LogP contribution in [-0.4, -0.2) is 14.8 Å². The minimum Gasteiger partial charge on any atom is -0.423 e. The number of benzene rings is 2. The molecule has 5 nitrogen and oxygen atoms in total. The molecule has 0 N–H and O–H groups in total. The number of aryl methyl sites for hydroxylation is 1. The third kappa shape index (κ3) is 4.55. The van der Waals surface area contributed by atoms with Crippen LogP contribution in [-0.2, 0) is 17.7 Å². The Hall–Kier alpha value is -3.12. The third-order valence-corrected chi connectivity index (χ3v) is 6.40. The minimum atomic E-state index is -0.342. The highest BCUT2D eigenvalue weighted by Gasteiger charge is 2.17. The molecule has 4 rings (SSSR count). The van der Waals surface area contributed by atoms with E-state index in [1.165, 1.54) is 5.56 Å². The summed E-state index contributed by atoms with van der Waals surface area (Å²) in [5, 5.41) is 10.6. The Morgan fingerprint density at radius 1 is 1.09 bits per heavy atom. The van der Waals surface area contributed by atoms with Crippen LogP contribution in [0.3, 0.4) is 0 Å². The topological polar surface area (TPSA) is 60.9 Å². The summed E-state index contributed by atoms with van der Waals surface area (Å²) in [7, 11) is 0. The van der Waals surface area contributed by atoms with Gasteiger partial charge in [0.25, 0.3) is 0 Å². The Kier molecular flexibility index (Phi) is 6.07. The molecule has 0 aliphatic heterocycles. The van der Waals surface area contributed by atoms with Gasteiger partial charge in [-0.15, -0.1) is 16.8 Å².